The molecule has 0 fully saturated rings. The maximum absolute atomic E-state index is 12.2. The molecule has 1 aromatic heterocycles. The molecule has 1 aromatic rings. The monoisotopic (exact) mass is 299 g/mol. The second kappa shape index (κ2) is 6.76. The van der Waals surface area contributed by atoms with Crippen LogP contribution in [0, 0.1) is 0 Å². The lowest BCUT2D eigenvalue weighted by Crippen LogP contribution is -2.30. The van der Waals surface area contributed by atoms with Crippen molar-refractivity contribution in [2.45, 2.75) is 25.6 Å². The molecule has 2 N–H and O–H groups in total. The van der Waals surface area contributed by atoms with Crippen molar-refractivity contribution in [2.24, 2.45) is 0 Å². The van der Waals surface area contributed by atoms with Crippen LogP contribution in [0.15, 0.2) is 11.0 Å². The van der Waals surface area contributed by atoms with Crippen LogP contribution in [0.4, 0.5) is 18.9 Å². The molecule has 0 atom stereocenters. The van der Waals surface area contributed by atoms with Crippen LogP contribution in [0.2, 0.25) is 5.02 Å². The maximum atomic E-state index is 12.2. The highest BCUT2D eigenvalue weighted by Gasteiger charge is 2.29. The summed E-state index contributed by atoms with van der Waals surface area (Å²) in [4.78, 5) is 11.5. The first kappa shape index (κ1) is 15.8. The van der Waals surface area contributed by atoms with Crippen molar-refractivity contribution in [3.05, 3.63) is 21.6 Å². The van der Waals surface area contributed by atoms with Crippen LogP contribution in [-0.2, 0) is 6.54 Å². The molecule has 1 rings (SSSR count). The van der Waals surface area contributed by atoms with E-state index in [4.69, 9.17) is 16.7 Å². The molecule has 0 aromatic carbocycles. The van der Waals surface area contributed by atoms with Crippen molar-refractivity contribution in [2.75, 3.05) is 18.5 Å². The van der Waals surface area contributed by atoms with E-state index in [0.717, 1.165) is 6.20 Å². The summed E-state index contributed by atoms with van der Waals surface area (Å²) in [5, 5.41) is 14.4. The smallest absolute Gasteiger partial charge is 0.396 e. The lowest BCUT2D eigenvalue weighted by atomic mass is 10.3. The molecule has 1 heterocycles. The number of hydrogen-bond donors (Lipinski definition) is 2. The number of halogens is 4. The van der Waals surface area contributed by atoms with Crippen LogP contribution in [0.25, 0.3) is 0 Å². The SMILES string of the molecule is O=c1c(Cl)c(NCCCCO)cnn1CC(F)(F)F. The quantitative estimate of drug-likeness (QED) is 0.784. The molecule has 9 heteroatoms. The van der Waals surface area contributed by atoms with Gasteiger partial charge >= 0.3 is 6.18 Å². The number of unbranched alkanes of at least 4 members (excludes halogenated alkanes) is 1. The fraction of sp³-hybridized carbons (Fsp3) is 0.600. The largest absolute Gasteiger partial charge is 0.408 e. The number of alkyl halides is 3. The number of anilines is 1. The molecule has 0 aliphatic rings. The van der Waals surface area contributed by atoms with Crippen molar-refractivity contribution >= 4 is 17.3 Å². The van der Waals surface area contributed by atoms with E-state index < -0.39 is 18.3 Å². The second-order valence-corrected chi connectivity index (χ2v) is 4.19. The average Bonchev–Trinajstić information content (AvgIpc) is 2.31. The molecule has 108 valence electrons. The van der Waals surface area contributed by atoms with Gasteiger partial charge in [-0.25, -0.2) is 4.68 Å². The molecule has 0 spiro atoms. The van der Waals surface area contributed by atoms with Gasteiger partial charge in [-0.1, -0.05) is 11.6 Å². The zero-order valence-electron chi connectivity index (χ0n) is 9.87. The highest BCUT2D eigenvalue weighted by Crippen LogP contribution is 2.19. The van der Waals surface area contributed by atoms with E-state index in [9.17, 15) is 18.0 Å². The third-order valence-corrected chi connectivity index (χ3v) is 2.58. The van der Waals surface area contributed by atoms with Crippen LogP contribution < -0.4 is 10.9 Å². The Hall–Kier alpha value is -1.28. The molecule has 0 unspecified atom stereocenters. The Morgan fingerprint density at radius 1 is 1.42 bits per heavy atom. The minimum atomic E-state index is -4.53. The molecule has 0 radical (unpaired) electrons. The van der Waals surface area contributed by atoms with Crippen molar-refractivity contribution < 1.29 is 18.3 Å². The molecule has 0 aliphatic heterocycles. The maximum Gasteiger partial charge on any atom is 0.408 e. The van der Waals surface area contributed by atoms with E-state index >= 15 is 0 Å². The zero-order chi connectivity index (χ0) is 14.5. The topological polar surface area (TPSA) is 67.2 Å². The first-order valence-corrected chi connectivity index (χ1v) is 5.90. The number of aliphatic hydroxyl groups excluding tert-OH is 1. The number of hydrogen-bond acceptors (Lipinski definition) is 4. The van der Waals surface area contributed by atoms with E-state index in [1.807, 2.05) is 0 Å². The highest BCUT2D eigenvalue weighted by atomic mass is 35.5. The number of aromatic nitrogens is 2. The summed E-state index contributed by atoms with van der Waals surface area (Å²) in [5.74, 6) is 0. The fourth-order valence-corrected chi connectivity index (χ4v) is 1.54. The Kier molecular flexibility index (Phi) is 5.61. The first-order chi connectivity index (χ1) is 8.85. The highest BCUT2D eigenvalue weighted by molar-refractivity contribution is 6.32. The molecule has 0 bridgehead atoms. The Morgan fingerprint density at radius 3 is 2.68 bits per heavy atom. The molecule has 0 aliphatic carbocycles. The van der Waals surface area contributed by atoms with E-state index in [1.165, 1.54) is 0 Å². The number of aliphatic hydroxyl groups is 1. The van der Waals surface area contributed by atoms with Crippen molar-refractivity contribution in [1.82, 2.24) is 9.78 Å². The first-order valence-electron chi connectivity index (χ1n) is 5.52. The van der Waals surface area contributed by atoms with Gasteiger partial charge in [0, 0.05) is 13.2 Å². The van der Waals surface area contributed by atoms with Crippen molar-refractivity contribution in [1.29, 1.82) is 0 Å². The molecular weight excluding hydrogens is 287 g/mol. The predicted octanol–water partition coefficient (Wildman–Crippen LogP) is 1.64. The van der Waals surface area contributed by atoms with E-state index in [0.29, 0.717) is 19.4 Å². The van der Waals surface area contributed by atoms with E-state index in [2.05, 4.69) is 10.4 Å². The number of nitrogens with one attached hydrogen (secondary N) is 1. The van der Waals surface area contributed by atoms with Crippen LogP contribution in [0.5, 0.6) is 0 Å². The molecule has 0 saturated heterocycles. The van der Waals surface area contributed by atoms with E-state index in [-0.39, 0.29) is 22.0 Å². The lowest BCUT2D eigenvalue weighted by molar-refractivity contribution is -0.143. The van der Waals surface area contributed by atoms with E-state index in [1.54, 1.807) is 0 Å². The van der Waals surface area contributed by atoms with Gasteiger partial charge in [-0.3, -0.25) is 4.79 Å². The van der Waals surface area contributed by atoms with Gasteiger partial charge in [-0.05, 0) is 12.8 Å². The standard InChI is InChI=1S/C10H13ClF3N3O2/c11-8-7(15-3-1-2-4-18)5-16-17(9(8)19)6-10(12,13)14/h5,15,18H,1-4,6H2. The van der Waals surface area contributed by atoms with Gasteiger partial charge in [-0.15, -0.1) is 0 Å². The second-order valence-electron chi connectivity index (χ2n) is 3.81. The van der Waals surface area contributed by atoms with Crippen LogP contribution in [0.1, 0.15) is 12.8 Å². The van der Waals surface area contributed by atoms with Gasteiger partial charge in [0.1, 0.15) is 11.6 Å². The van der Waals surface area contributed by atoms with Gasteiger partial charge in [-0.2, -0.15) is 18.3 Å². The fourth-order valence-electron chi connectivity index (χ4n) is 1.33. The lowest BCUT2D eigenvalue weighted by Gasteiger charge is -2.11. The molecule has 5 nitrogen and oxygen atoms in total. The summed E-state index contributed by atoms with van der Waals surface area (Å²) >= 11 is 5.69. The zero-order valence-corrected chi connectivity index (χ0v) is 10.6. The summed E-state index contributed by atoms with van der Waals surface area (Å²) in [5.41, 5.74) is -0.811. The van der Waals surface area contributed by atoms with Gasteiger partial charge in [0.2, 0.25) is 0 Å². The molecule has 0 amide bonds. The minimum absolute atomic E-state index is 0.0425. The Morgan fingerprint density at radius 2 is 2.11 bits per heavy atom. The number of rotatable bonds is 6. The minimum Gasteiger partial charge on any atom is -0.396 e. The van der Waals surface area contributed by atoms with Gasteiger partial charge in [0.05, 0.1) is 11.9 Å². The summed E-state index contributed by atoms with van der Waals surface area (Å²) in [6, 6.07) is 0. The summed E-state index contributed by atoms with van der Waals surface area (Å²) < 4.78 is 36.7. The predicted molar refractivity (Wildman–Crippen MR) is 64.4 cm³/mol. The van der Waals surface area contributed by atoms with Gasteiger partial charge < -0.3 is 10.4 Å². The van der Waals surface area contributed by atoms with Crippen LogP contribution in [-0.4, -0.2) is 34.2 Å². The molecule has 0 saturated carbocycles. The van der Waals surface area contributed by atoms with Crippen LogP contribution >= 0.6 is 11.6 Å². The molecule has 19 heavy (non-hydrogen) atoms. The third kappa shape index (κ3) is 5.07. The Bertz CT molecular complexity index is 476. The van der Waals surface area contributed by atoms with Gasteiger partial charge in [0.15, 0.2) is 0 Å². The summed E-state index contributed by atoms with van der Waals surface area (Å²) in [6.07, 6.45) is -2.24. The van der Waals surface area contributed by atoms with Crippen molar-refractivity contribution in [3.8, 4) is 0 Å². The molecular formula is C10H13ClF3N3O2. The Balaban J connectivity index is 2.77. The Labute approximate surface area is 112 Å². The summed E-state index contributed by atoms with van der Waals surface area (Å²) in [6.45, 7) is -0.998. The summed E-state index contributed by atoms with van der Waals surface area (Å²) in [7, 11) is 0. The third-order valence-electron chi connectivity index (χ3n) is 2.21. The number of nitrogens with zero attached hydrogens (tertiary/aromatic N) is 2. The van der Waals surface area contributed by atoms with Crippen molar-refractivity contribution in [3.63, 3.8) is 0 Å². The van der Waals surface area contributed by atoms with Crippen LogP contribution in [0.3, 0.4) is 0 Å². The normalized spacial score (nSPS) is 11.6. The average molecular weight is 300 g/mol. The van der Waals surface area contributed by atoms with Gasteiger partial charge in [0.25, 0.3) is 5.56 Å².